The molecule has 0 aliphatic carbocycles. The largest absolute Gasteiger partial charge is 0.321 e. The van der Waals surface area contributed by atoms with Gasteiger partial charge in [-0.25, -0.2) is 4.39 Å². The number of nitrogens with two attached hydrogens (primary N) is 1. The number of alkyl halides is 1. The summed E-state index contributed by atoms with van der Waals surface area (Å²) in [7, 11) is 0. The third kappa shape index (κ3) is 2.86. The molecule has 2 nitrogen and oxygen atoms in total. The van der Waals surface area contributed by atoms with Crippen LogP contribution in [-0.4, -0.2) is 11.8 Å². The average Bonchev–Trinajstić information content (AvgIpc) is 2.15. The molecule has 0 heterocycles. The van der Waals surface area contributed by atoms with Gasteiger partial charge in [-0.05, 0) is 26.3 Å². The summed E-state index contributed by atoms with van der Waals surface area (Å²) in [6, 6.07) is 5.95. The minimum absolute atomic E-state index is 0.127. The molecule has 0 bridgehead atoms. The highest BCUT2D eigenvalue weighted by molar-refractivity contribution is 5.99. The Bertz CT molecular complexity index is 349. The van der Waals surface area contributed by atoms with Crippen LogP contribution < -0.4 is 5.73 Å². The number of rotatable bonds is 3. The van der Waals surface area contributed by atoms with E-state index in [4.69, 9.17) is 5.73 Å². The van der Waals surface area contributed by atoms with Gasteiger partial charge in [0.25, 0.3) is 0 Å². The fourth-order valence-corrected chi connectivity index (χ4v) is 1.29. The van der Waals surface area contributed by atoms with Gasteiger partial charge in [0.05, 0.1) is 6.04 Å². The highest BCUT2D eigenvalue weighted by Crippen LogP contribution is 2.24. The zero-order chi connectivity index (χ0) is 11.6. The van der Waals surface area contributed by atoms with Crippen LogP contribution in [-0.2, 0) is 5.67 Å². The number of carbonyl (C=O) groups excluding carboxylic acids is 1. The van der Waals surface area contributed by atoms with Crippen molar-refractivity contribution in [3.8, 4) is 0 Å². The molecule has 0 fully saturated rings. The Kier molecular flexibility index (Phi) is 3.25. The van der Waals surface area contributed by atoms with Crippen LogP contribution in [0.1, 0.15) is 36.7 Å². The number of hydrogen-bond acceptors (Lipinski definition) is 2. The third-order valence-electron chi connectivity index (χ3n) is 2.27. The lowest BCUT2D eigenvalue weighted by atomic mass is 9.97. The van der Waals surface area contributed by atoms with E-state index in [1.807, 2.05) is 0 Å². The number of carbonyl (C=O) groups is 1. The standard InChI is InChI=1S/C12H16FNO/c1-8(14)11(15)9-4-6-10(7-5-9)12(2,3)13/h4-8H,14H2,1-3H3. The van der Waals surface area contributed by atoms with Crippen LogP contribution in [0.5, 0.6) is 0 Å². The number of halogens is 1. The first-order valence-electron chi connectivity index (χ1n) is 4.91. The molecule has 2 N–H and O–H groups in total. The van der Waals surface area contributed by atoms with Gasteiger partial charge in [-0.2, -0.15) is 0 Å². The fraction of sp³-hybridized carbons (Fsp3) is 0.417. The van der Waals surface area contributed by atoms with Crippen molar-refractivity contribution in [2.75, 3.05) is 0 Å². The van der Waals surface area contributed by atoms with Crippen molar-refractivity contribution >= 4 is 5.78 Å². The summed E-state index contributed by atoms with van der Waals surface area (Å²) in [4.78, 5) is 11.5. The van der Waals surface area contributed by atoms with Gasteiger partial charge in [-0.15, -0.1) is 0 Å². The lowest BCUT2D eigenvalue weighted by Crippen LogP contribution is -2.26. The third-order valence-corrected chi connectivity index (χ3v) is 2.27. The molecule has 0 aliphatic rings. The van der Waals surface area contributed by atoms with E-state index in [0.29, 0.717) is 11.1 Å². The maximum absolute atomic E-state index is 13.5. The van der Waals surface area contributed by atoms with Gasteiger partial charge in [-0.1, -0.05) is 24.3 Å². The summed E-state index contributed by atoms with van der Waals surface area (Å²) >= 11 is 0. The molecule has 1 aromatic carbocycles. The van der Waals surface area contributed by atoms with Crippen LogP contribution in [0.2, 0.25) is 0 Å². The number of benzene rings is 1. The summed E-state index contributed by atoms with van der Waals surface area (Å²) in [5.41, 5.74) is 5.17. The second kappa shape index (κ2) is 4.11. The monoisotopic (exact) mass is 209 g/mol. The molecule has 0 aromatic heterocycles. The maximum Gasteiger partial charge on any atom is 0.179 e. The van der Waals surface area contributed by atoms with E-state index >= 15 is 0 Å². The number of Topliss-reactive ketones (excluding diaryl/α,β-unsaturated/α-hetero) is 1. The van der Waals surface area contributed by atoms with Crippen LogP contribution in [0.4, 0.5) is 4.39 Å². The van der Waals surface area contributed by atoms with Crippen LogP contribution in [0.15, 0.2) is 24.3 Å². The minimum atomic E-state index is -1.38. The van der Waals surface area contributed by atoms with E-state index in [1.54, 1.807) is 31.2 Å². The van der Waals surface area contributed by atoms with E-state index in [0.717, 1.165) is 0 Å². The van der Waals surface area contributed by atoms with E-state index in [2.05, 4.69) is 0 Å². The molecule has 0 radical (unpaired) electrons. The van der Waals surface area contributed by atoms with Gasteiger partial charge in [0.2, 0.25) is 0 Å². The van der Waals surface area contributed by atoms with Crippen molar-refractivity contribution in [2.45, 2.75) is 32.5 Å². The Labute approximate surface area is 89.3 Å². The summed E-state index contributed by atoms with van der Waals surface area (Å²) < 4.78 is 13.5. The van der Waals surface area contributed by atoms with Gasteiger partial charge in [0.15, 0.2) is 5.78 Å². The van der Waals surface area contributed by atoms with E-state index in [9.17, 15) is 9.18 Å². The predicted molar refractivity (Wildman–Crippen MR) is 58.6 cm³/mol. The van der Waals surface area contributed by atoms with Gasteiger partial charge in [0, 0.05) is 5.56 Å². The predicted octanol–water partition coefficient (Wildman–Crippen LogP) is 2.42. The van der Waals surface area contributed by atoms with Gasteiger partial charge >= 0.3 is 0 Å². The molecular weight excluding hydrogens is 193 g/mol. The molecule has 3 heteroatoms. The van der Waals surface area contributed by atoms with Crippen molar-refractivity contribution in [1.29, 1.82) is 0 Å². The smallest absolute Gasteiger partial charge is 0.179 e. The van der Waals surface area contributed by atoms with Crippen LogP contribution in [0.3, 0.4) is 0 Å². The molecule has 1 rings (SSSR count). The lowest BCUT2D eigenvalue weighted by molar-refractivity contribution is 0.0967. The highest BCUT2D eigenvalue weighted by atomic mass is 19.1. The fourth-order valence-electron chi connectivity index (χ4n) is 1.29. The summed E-state index contributed by atoms with van der Waals surface area (Å²) in [6.45, 7) is 4.60. The molecule has 0 saturated heterocycles. The Hall–Kier alpha value is -1.22. The SMILES string of the molecule is CC(N)C(=O)c1ccc(C(C)(C)F)cc1. The summed E-state index contributed by atoms with van der Waals surface area (Å²) in [5, 5.41) is 0. The maximum atomic E-state index is 13.5. The Balaban J connectivity index is 2.96. The van der Waals surface area contributed by atoms with Crippen molar-refractivity contribution in [3.63, 3.8) is 0 Å². The van der Waals surface area contributed by atoms with Crippen LogP contribution >= 0.6 is 0 Å². The van der Waals surface area contributed by atoms with Crippen molar-refractivity contribution < 1.29 is 9.18 Å². The molecule has 82 valence electrons. The zero-order valence-electron chi connectivity index (χ0n) is 9.25. The molecular formula is C12H16FNO. The Morgan fingerprint density at radius 2 is 1.80 bits per heavy atom. The molecule has 1 aromatic rings. The first-order valence-corrected chi connectivity index (χ1v) is 4.91. The summed E-state index contributed by atoms with van der Waals surface area (Å²) in [6.07, 6.45) is 0. The molecule has 0 aliphatic heterocycles. The zero-order valence-corrected chi connectivity index (χ0v) is 9.25. The van der Waals surface area contributed by atoms with Crippen molar-refractivity contribution in [3.05, 3.63) is 35.4 Å². The molecule has 15 heavy (non-hydrogen) atoms. The highest BCUT2D eigenvalue weighted by Gasteiger charge is 2.19. The Morgan fingerprint density at radius 1 is 1.33 bits per heavy atom. The van der Waals surface area contributed by atoms with Gasteiger partial charge < -0.3 is 5.73 Å². The minimum Gasteiger partial charge on any atom is -0.321 e. The normalized spacial score (nSPS) is 13.7. The molecule has 0 spiro atoms. The van der Waals surface area contributed by atoms with Crippen molar-refractivity contribution in [2.24, 2.45) is 5.73 Å². The summed E-state index contributed by atoms with van der Waals surface area (Å²) in [5.74, 6) is -0.127. The molecule has 1 unspecified atom stereocenters. The first-order chi connectivity index (χ1) is 6.82. The molecule has 0 saturated carbocycles. The van der Waals surface area contributed by atoms with E-state index in [1.165, 1.54) is 13.8 Å². The van der Waals surface area contributed by atoms with Crippen LogP contribution in [0.25, 0.3) is 0 Å². The van der Waals surface area contributed by atoms with Crippen molar-refractivity contribution in [1.82, 2.24) is 0 Å². The van der Waals surface area contributed by atoms with Gasteiger partial charge in [-0.3, -0.25) is 4.79 Å². The molecule has 1 atom stereocenters. The number of ketones is 1. The quantitative estimate of drug-likeness (QED) is 0.777. The van der Waals surface area contributed by atoms with E-state index in [-0.39, 0.29) is 5.78 Å². The number of hydrogen-bond donors (Lipinski definition) is 1. The average molecular weight is 209 g/mol. The van der Waals surface area contributed by atoms with Gasteiger partial charge in [0.1, 0.15) is 5.67 Å². The second-order valence-electron chi connectivity index (χ2n) is 4.20. The second-order valence-corrected chi connectivity index (χ2v) is 4.20. The van der Waals surface area contributed by atoms with E-state index < -0.39 is 11.7 Å². The lowest BCUT2D eigenvalue weighted by Gasteiger charge is -2.14. The Morgan fingerprint density at radius 3 is 2.13 bits per heavy atom. The molecule has 0 amide bonds. The topological polar surface area (TPSA) is 43.1 Å². The first kappa shape index (κ1) is 11.9. The van der Waals surface area contributed by atoms with Crippen LogP contribution in [0, 0.1) is 0 Å².